The summed E-state index contributed by atoms with van der Waals surface area (Å²) < 4.78 is 7.75. The van der Waals surface area contributed by atoms with Gasteiger partial charge in [0.25, 0.3) is 5.91 Å². The first-order chi connectivity index (χ1) is 14.6. The first-order valence-corrected chi connectivity index (χ1v) is 9.66. The molecule has 2 aromatic carbocycles. The lowest BCUT2D eigenvalue weighted by atomic mass is 10.1. The molecule has 0 saturated heterocycles. The van der Waals surface area contributed by atoms with E-state index in [9.17, 15) is 4.79 Å². The number of carbonyl (C=O) groups excluding carboxylic acids is 1. The van der Waals surface area contributed by atoms with Crippen LogP contribution in [0.5, 0.6) is 11.5 Å². The standard InChI is InChI=1S/C24H22N4O2/c1-17-14-18(2)28(27-17)16-19-6-8-20(9-7-19)24(29)26-21-4-3-5-23(15-21)30-22-10-12-25-13-11-22/h3-15H,16H2,1-2H3,(H,26,29). The van der Waals surface area contributed by atoms with E-state index in [1.54, 1.807) is 30.6 Å². The molecular formula is C24H22N4O2. The summed E-state index contributed by atoms with van der Waals surface area (Å²) in [4.78, 5) is 16.6. The van der Waals surface area contributed by atoms with Crippen LogP contribution in [-0.2, 0) is 6.54 Å². The Bertz CT molecular complexity index is 1150. The number of benzene rings is 2. The van der Waals surface area contributed by atoms with Crippen LogP contribution < -0.4 is 10.1 Å². The lowest BCUT2D eigenvalue weighted by Gasteiger charge is -2.10. The fourth-order valence-electron chi connectivity index (χ4n) is 3.15. The van der Waals surface area contributed by atoms with Crippen molar-refractivity contribution in [2.45, 2.75) is 20.4 Å². The highest BCUT2D eigenvalue weighted by molar-refractivity contribution is 6.04. The zero-order valence-electron chi connectivity index (χ0n) is 16.9. The molecule has 30 heavy (non-hydrogen) atoms. The van der Waals surface area contributed by atoms with Crippen molar-refractivity contribution in [3.63, 3.8) is 0 Å². The van der Waals surface area contributed by atoms with Crippen LogP contribution in [-0.4, -0.2) is 20.7 Å². The van der Waals surface area contributed by atoms with Gasteiger partial charge in [0.15, 0.2) is 0 Å². The molecule has 4 rings (SSSR count). The Kier molecular flexibility index (Phi) is 5.57. The van der Waals surface area contributed by atoms with Crippen LogP contribution in [0.15, 0.2) is 79.1 Å². The van der Waals surface area contributed by atoms with Gasteiger partial charge in [-0.05, 0) is 61.9 Å². The molecule has 0 atom stereocenters. The van der Waals surface area contributed by atoms with E-state index in [-0.39, 0.29) is 5.91 Å². The predicted molar refractivity (Wildman–Crippen MR) is 116 cm³/mol. The monoisotopic (exact) mass is 398 g/mol. The average molecular weight is 398 g/mol. The van der Waals surface area contributed by atoms with Crippen LogP contribution >= 0.6 is 0 Å². The van der Waals surface area contributed by atoms with Gasteiger partial charge in [-0.25, -0.2) is 0 Å². The molecule has 0 radical (unpaired) electrons. The van der Waals surface area contributed by atoms with Gasteiger partial charge in [0, 0.05) is 35.4 Å². The maximum atomic E-state index is 12.6. The molecule has 150 valence electrons. The van der Waals surface area contributed by atoms with Crippen LogP contribution in [0.3, 0.4) is 0 Å². The van der Waals surface area contributed by atoms with Gasteiger partial charge in [-0.2, -0.15) is 5.10 Å². The Morgan fingerprint density at radius 1 is 0.967 bits per heavy atom. The minimum atomic E-state index is -0.172. The lowest BCUT2D eigenvalue weighted by molar-refractivity contribution is 0.102. The van der Waals surface area contributed by atoms with E-state index < -0.39 is 0 Å². The molecule has 0 aliphatic carbocycles. The highest BCUT2D eigenvalue weighted by Gasteiger charge is 2.08. The first-order valence-electron chi connectivity index (χ1n) is 9.66. The third-order valence-corrected chi connectivity index (χ3v) is 4.63. The quantitative estimate of drug-likeness (QED) is 0.497. The van der Waals surface area contributed by atoms with Crippen LogP contribution in [0.4, 0.5) is 5.69 Å². The van der Waals surface area contributed by atoms with Gasteiger partial charge in [-0.15, -0.1) is 0 Å². The number of nitrogens with one attached hydrogen (secondary N) is 1. The molecule has 0 aliphatic rings. The number of hydrogen-bond acceptors (Lipinski definition) is 4. The van der Waals surface area contributed by atoms with Crippen molar-refractivity contribution in [1.82, 2.24) is 14.8 Å². The number of pyridine rings is 1. The van der Waals surface area contributed by atoms with Gasteiger partial charge in [0.2, 0.25) is 0 Å². The molecule has 0 fully saturated rings. The number of carbonyl (C=O) groups is 1. The number of rotatable bonds is 6. The zero-order chi connectivity index (χ0) is 20.9. The van der Waals surface area contributed by atoms with Crippen molar-refractivity contribution in [3.8, 4) is 11.5 Å². The number of anilines is 1. The second kappa shape index (κ2) is 8.61. The minimum Gasteiger partial charge on any atom is -0.457 e. The first kappa shape index (κ1) is 19.4. The third-order valence-electron chi connectivity index (χ3n) is 4.63. The molecule has 2 aromatic heterocycles. The van der Waals surface area contributed by atoms with Crippen molar-refractivity contribution < 1.29 is 9.53 Å². The van der Waals surface area contributed by atoms with Gasteiger partial charge in [0.1, 0.15) is 11.5 Å². The van der Waals surface area contributed by atoms with E-state index in [2.05, 4.69) is 15.4 Å². The second-order valence-corrected chi connectivity index (χ2v) is 7.05. The van der Waals surface area contributed by atoms with Gasteiger partial charge in [0.05, 0.1) is 12.2 Å². The fraction of sp³-hybridized carbons (Fsp3) is 0.125. The molecule has 6 nitrogen and oxygen atoms in total. The summed E-state index contributed by atoms with van der Waals surface area (Å²) in [6, 6.07) is 20.5. The SMILES string of the molecule is Cc1cc(C)n(Cc2ccc(C(=O)Nc3cccc(Oc4ccncc4)c3)cc2)n1. The molecule has 4 aromatic rings. The second-order valence-electron chi connectivity index (χ2n) is 7.05. The highest BCUT2D eigenvalue weighted by atomic mass is 16.5. The Morgan fingerprint density at radius 2 is 1.73 bits per heavy atom. The molecule has 6 heteroatoms. The van der Waals surface area contributed by atoms with E-state index in [0.717, 1.165) is 17.0 Å². The summed E-state index contributed by atoms with van der Waals surface area (Å²) in [6.45, 7) is 4.69. The van der Waals surface area contributed by atoms with E-state index in [1.807, 2.05) is 67.1 Å². The van der Waals surface area contributed by atoms with E-state index >= 15 is 0 Å². The molecule has 1 amide bonds. The molecule has 0 unspecified atom stereocenters. The largest absolute Gasteiger partial charge is 0.457 e. The summed E-state index contributed by atoms with van der Waals surface area (Å²) >= 11 is 0. The number of aryl methyl sites for hydroxylation is 2. The average Bonchev–Trinajstić information content (AvgIpc) is 3.06. The molecule has 0 saturated carbocycles. The predicted octanol–water partition coefficient (Wildman–Crippen LogP) is 4.99. The Morgan fingerprint density at radius 3 is 2.43 bits per heavy atom. The van der Waals surface area contributed by atoms with Crippen molar-refractivity contribution in [1.29, 1.82) is 0 Å². The van der Waals surface area contributed by atoms with Gasteiger partial charge in [-0.3, -0.25) is 14.5 Å². The molecule has 0 bridgehead atoms. The van der Waals surface area contributed by atoms with Crippen molar-refractivity contribution in [2.24, 2.45) is 0 Å². The van der Waals surface area contributed by atoms with Crippen LogP contribution in [0.25, 0.3) is 0 Å². The summed E-state index contributed by atoms with van der Waals surface area (Å²) in [7, 11) is 0. The summed E-state index contributed by atoms with van der Waals surface area (Å²) in [5.74, 6) is 1.15. The number of ether oxygens (including phenoxy) is 1. The molecule has 1 N–H and O–H groups in total. The van der Waals surface area contributed by atoms with Gasteiger partial charge >= 0.3 is 0 Å². The smallest absolute Gasteiger partial charge is 0.255 e. The van der Waals surface area contributed by atoms with E-state index in [4.69, 9.17) is 4.74 Å². The van der Waals surface area contributed by atoms with E-state index in [1.165, 1.54) is 0 Å². The number of nitrogens with zero attached hydrogens (tertiary/aromatic N) is 3. The summed E-state index contributed by atoms with van der Waals surface area (Å²) in [6.07, 6.45) is 3.33. The zero-order valence-corrected chi connectivity index (χ0v) is 16.9. The maximum absolute atomic E-state index is 12.6. The highest BCUT2D eigenvalue weighted by Crippen LogP contribution is 2.24. The van der Waals surface area contributed by atoms with Crippen molar-refractivity contribution in [3.05, 3.63) is 102 Å². The Balaban J connectivity index is 1.41. The maximum Gasteiger partial charge on any atom is 0.255 e. The van der Waals surface area contributed by atoms with Crippen LogP contribution in [0.2, 0.25) is 0 Å². The third kappa shape index (κ3) is 4.72. The number of amides is 1. The topological polar surface area (TPSA) is 69.0 Å². The van der Waals surface area contributed by atoms with E-state index in [0.29, 0.717) is 29.3 Å². The summed E-state index contributed by atoms with van der Waals surface area (Å²) in [5, 5.41) is 7.40. The van der Waals surface area contributed by atoms with Crippen molar-refractivity contribution in [2.75, 3.05) is 5.32 Å². The van der Waals surface area contributed by atoms with Crippen LogP contribution in [0.1, 0.15) is 27.3 Å². The van der Waals surface area contributed by atoms with Crippen molar-refractivity contribution >= 4 is 11.6 Å². The molecule has 2 heterocycles. The normalized spacial score (nSPS) is 10.6. The van der Waals surface area contributed by atoms with Gasteiger partial charge < -0.3 is 10.1 Å². The molecular weight excluding hydrogens is 376 g/mol. The number of aromatic nitrogens is 3. The minimum absolute atomic E-state index is 0.172. The molecule has 0 spiro atoms. The molecule has 0 aliphatic heterocycles. The summed E-state index contributed by atoms with van der Waals surface area (Å²) in [5.41, 5.74) is 4.46. The van der Waals surface area contributed by atoms with Gasteiger partial charge in [-0.1, -0.05) is 18.2 Å². The Labute approximate surface area is 175 Å². The Hall–Kier alpha value is -3.93. The number of hydrogen-bond donors (Lipinski definition) is 1. The lowest BCUT2D eigenvalue weighted by Crippen LogP contribution is -2.12. The fourth-order valence-corrected chi connectivity index (χ4v) is 3.15. The van der Waals surface area contributed by atoms with Crippen LogP contribution in [0, 0.1) is 13.8 Å².